The summed E-state index contributed by atoms with van der Waals surface area (Å²) in [4.78, 5) is 3.65. The molecule has 0 aliphatic heterocycles. The average molecular weight is 417 g/mol. The highest BCUT2D eigenvalue weighted by molar-refractivity contribution is 5.88. The second-order valence-electron chi connectivity index (χ2n) is 7.23. The number of rotatable bonds is 7. The number of nitrogens with zero attached hydrogens (tertiary/aromatic N) is 1. The summed E-state index contributed by atoms with van der Waals surface area (Å²) in [5.74, 6) is -0.814. The fraction of sp³-hybridized carbons (Fsp3) is 0.148. The molecule has 0 spiro atoms. The molecule has 0 saturated heterocycles. The van der Waals surface area contributed by atoms with Gasteiger partial charge >= 0.3 is 0 Å². The third-order valence-electron chi connectivity index (χ3n) is 5.16. The van der Waals surface area contributed by atoms with Gasteiger partial charge < -0.3 is 5.32 Å². The number of hydrogen-bond donors (Lipinski definition) is 1. The van der Waals surface area contributed by atoms with Crippen LogP contribution in [0.3, 0.4) is 0 Å². The predicted octanol–water partition coefficient (Wildman–Crippen LogP) is 7.41. The van der Waals surface area contributed by atoms with Gasteiger partial charge in [0.2, 0.25) is 5.95 Å². The van der Waals surface area contributed by atoms with Crippen LogP contribution in [0.1, 0.15) is 36.5 Å². The molecule has 2 nitrogen and oxygen atoms in total. The largest absolute Gasteiger partial charge is 0.354 e. The van der Waals surface area contributed by atoms with E-state index in [0.717, 1.165) is 40.7 Å². The van der Waals surface area contributed by atoms with Crippen molar-refractivity contribution in [1.29, 1.82) is 0 Å². The molecule has 2 aromatic rings. The number of halogens is 2. The number of aryl methyl sites for hydroxylation is 1. The quantitative estimate of drug-likeness (QED) is 0.375. The van der Waals surface area contributed by atoms with Crippen molar-refractivity contribution in [2.45, 2.75) is 26.2 Å². The molecule has 4 heteroatoms. The zero-order valence-electron chi connectivity index (χ0n) is 17.7. The van der Waals surface area contributed by atoms with Gasteiger partial charge in [0.1, 0.15) is 5.82 Å². The number of aromatic nitrogens is 1. The maximum Gasteiger partial charge on any atom is 0.213 e. The highest BCUT2D eigenvalue weighted by Gasteiger charge is 2.15. The van der Waals surface area contributed by atoms with E-state index in [0.29, 0.717) is 23.4 Å². The van der Waals surface area contributed by atoms with Crippen LogP contribution in [0.4, 0.5) is 14.5 Å². The van der Waals surface area contributed by atoms with Gasteiger partial charge in [0, 0.05) is 18.0 Å². The first-order valence-corrected chi connectivity index (χ1v) is 10.2. The Kier molecular flexibility index (Phi) is 7.14. The van der Waals surface area contributed by atoms with Crippen molar-refractivity contribution in [1.82, 2.24) is 4.98 Å². The summed E-state index contributed by atoms with van der Waals surface area (Å²) in [6, 6.07) is 6.86. The Morgan fingerprint density at radius 2 is 1.90 bits per heavy atom. The maximum absolute atomic E-state index is 14.9. The van der Waals surface area contributed by atoms with Gasteiger partial charge in [0.05, 0.1) is 5.69 Å². The normalized spacial score (nSPS) is 18.9. The van der Waals surface area contributed by atoms with Crippen LogP contribution in [0.15, 0.2) is 91.8 Å². The van der Waals surface area contributed by atoms with E-state index in [1.54, 1.807) is 24.3 Å². The molecule has 0 radical (unpaired) electrons. The Bertz CT molecular complexity index is 1120. The Hall–Kier alpha value is -3.53. The third-order valence-corrected chi connectivity index (χ3v) is 5.16. The topological polar surface area (TPSA) is 24.9 Å². The number of benzene rings is 1. The van der Waals surface area contributed by atoms with Crippen LogP contribution >= 0.6 is 0 Å². The average Bonchev–Trinajstić information content (AvgIpc) is 2.75. The van der Waals surface area contributed by atoms with Crippen LogP contribution in [0.25, 0.3) is 11.1 Å². The second kappa shape index (κ2) is 9.98. The first-order valence-electron chi connectivity index (χ1n) is 10.2. The molecule has 0 atom stereocenters. The van der Waals surface area contributed by atoms with E-state index in [9.17, 15) is 8.78 Å². The first-order chi connectivity index (χ1) is 15.0. The molecule has 1 aliphatic carbocycles. The summed E-state index contributed by atoms with van der Waals surface area (Å²) in [5, 5.41) is 2.99. The number of pyridine rings is 1. The number of nitrogens with one attached hydrogen (secondary N) is 1. The van der Waals surface area contributed by atoms with Crippen molar-refractivity contribution in [2.75, 3.05) is 5.32 Å². The van der Waals surface area contributed by atoms with Gasteiger partial charge in [-0.25, -0.2) is 9.37 Å². The lowest BCUT2D eigenvalue weighted by atomic mass is 9.90. The second-order valence-corrected chi connectivity index (χ2v) is 7.23. The van der Waals surface area contributed by atoms with Crippen molar-refractivity contribution >= 4 is 16.8 Å². The minimum absolute atomic E-state index is 0.290. The Labute approximate surface area is 182 Å². The van der Waals surface area contributed by atoms with Crippen molar-refractivity contribution in [2.24, 2.45) is 0 Å². The third kappa shape index (κ3) is 5.15. The van der Waals surface area contributed by atoms with Crippen molar-refractivity contribution in [3.05, 3.63) is 120 Å². The van der Waals surface area contributed by atoms with Crippen molar-refractivity contribution in [3.8, 4) is 0 Å². The predicted molar refractivity (Wildman–Crippen MR) is 126 cm³/mol. The summed E-state index contributed by atoms with van der Waals surface area (Å²) < 4.78 is 28.6. The Balaban J connectivity index is 2.10. The summed E-state index contributed by atoms with van der Waals surface area (Å²) in [6.45, 7) is 13.4. The molecule has 158 valence electrons. The van der Waals surface area contributed by atoms with Gasteiger partial charge in [0.15, 0.2) is 0 Å². The van der Waals surface area contributed by atoms with Gasteiger partial charge in [-0.15, -0.1) is 0 Å². The van der Waals surface area contributed by atoms with E-state index in [-0.39, 0.29) is 5.82 Å². The van der Waals surface area contributed by atoms with Gasteiger partial charge in [-0.2, -0.15) is 4.39 Å². The molecule has 0 saturated carbocycles. The van der Waals surface area contributed by atoms with Crippen LogP contribution in [-0.2, 0) is 6.42 Å². The van der Waals surface area contributed by atoms with E-state index in [1.165, 1.54) is 12.3 Å². The number of anilines is 1. The van der Waals surface area contributed by atoms with Crippen LogP contribution < -0.4 is 5.32 Å². The molecule has 1 heterocycles. The first kappa shape index (κ1) is 22.2. The van der Waals surface area contributed by atoms with E-state index in [2.05, 4.69) is 42.2 Å². The molecule has 1 aromatic heterocycles. The molecule has 0 bridgehead atoms. The summed E-state index contributed by atoms with van der Waals surface area (Å²) in [5.41, 5.74) is 5.86. The maximum atomic E-state index is 14.9. The van der Waals surface area contributed by atoms with Gasteiger partial charge in [-0.3, -0.25) is 0 Å². The van der Waals surface area contributed by atoms with Crippen LogP contribution in [0, 0.1) is 11.8 Å². The van der Waals surface area contributed by atoms with E-state index < -0.39 is 5.95 Å². The van der Waals surface area contributed by atoms with E-state index >= 15 is 0 Å². The van der Waals surface area contributed by atoms with E-state index in [1.807, 2.05) is 19.1 Å². The highest BCUT2D eigenvalue weighted by atomic mass is 19.1. The highest BCUT2D eigenvalue weighted by Crippen LogP contribution is 2.33. The zero-order chi connectivity index (χ0) is 22.4. The molecule has 3 rings (SSSR count). The van der Waals surface area contributed by atoms with Crippen LogP contribution in [0.5, 0.6) is 0 Å². The SMILES string of the molecule is C=CC(=C)Nc1cc(C2=C\CC\C=C(c3ccnc(F)c3)/C(C=C)=C/2)cc(CC)c1F. The van der Waals surface area contributed by atoms with Gasteiger partial charge in [-0.05, 0) is 83.0 Å². The lowest BCUT2D eigenvalue weighted by molar-refractivity contribution is 0.583. The molecule has 1 N–H and O–H groups in total. The van der Waals surface area contributed by atoms with Crippen molar-refractivity contribution in [3.63, 3.8) is 0 Å². The smallest absolute Gasteiger partial charge is 0.213 e. The monoisotopic (exact) mass is 416 g/mol. The van der Waals surface area contributed by atoms with Crippen molar-refractivity contribution < 1.29 is 8.78 Å². The molecule has 0 unspecified atom stereocenters. The molecular formula is C27H26F2N2. The molecule has 31 heavy (non-hydrogen) atoms. The minimum Gasteiger partial charge on any atom is -0.354 e. The molecule has 1 aromatic carbocycles. The lowest BCUT2D eigenvalue weighted by Crippen LogP contribution is -2.03. The number of hydrogen-bond acceptors (Lipinski definition) is 2. The van der Waals surface area contributed by atoms with Gasteiger partial charge in [0.25, 0.3) is 0 Å². The van der Waals surface area contributed by atoms with Crippen LogP contribution in [-0.4, -0.2) is 4.98 Å². The minimum atomic E-state index is -0.524. The molecule has 0 amide bonds. The fourth-order valence-corrected chi connectivity index (χ4v) is 3.54. The summed E-state index contributed by atoms with van der Waals surface area (Å²) in [6.07, 6.45) is 13.1. The fourth-order valence-electron chi connectivity index (χ4n) is 3.54. The molecular weight excluding hydrogens is 390 g/mol. The summed E-state index contributed by atoms with van der Waals surface area (Å²) >= 11 is 0. The Morgan fingerprint density at radius 1 is 1.13 bits per heavy atom. The van der Waals surface area contributed by atoms with Gasteiger partial charge in [-0.1, -0.05) is 44.9 Å². The summed E-state index contributed by atoms with van der Waals surface area (Å²) in [7, 11) is 0. The van der Waals surface area contributed by atoms with Crippen LogP contribution in [0.2, 0.25) is 0 Å². The van der Waals surface area contributed by atoms with E-state index in [4.69, 9.17) is 0 Å². The Morgan fingerprint density at radius 3 is 2.58 bits per heavy atom. The standard InChI is InChI=1S/C27H26F2N2/c1-5-18(4)31-25-16-23(15-20(7-3)27(25)29)21-10-8-9-11-24(19(6-2)14-21)22-12-13-30-26(28)17-22/h5-6,10-17,31H,1-2,4,7-9H2,3H3/b19-14+,21-10+,24-11+. The number of allylic oxidation sites excluding steroid dienone is 8. The zero-order valence-corrected chi connectivity index (χ0v) is 17.7. The lowest BCUT2D eigenvalue weighted by Gasteiger charge is -2.17. The molecule has 1 aliphatic rings. The molecule has 0 fully saturated rings.